The fourth-order valence-corrected chi connectivity index (χ4v) is 2.97. The van der Waals surface area contributed by atoms with E-state index in [0.29, 0.717) is 25.3 Å². The average molecular weight is 329 g/mol. The van der Waals surface area contributed by atoms with E-state index in [1.54, 1.807) is 36.5 Å². The van der Waals surface area contributed by atoms with Gasteiger partial charge < -0.3 is 15.0 Å². The van der Waals surface area contributed by atoms with Crippen molar-refractivity contribution in [1.82, 2.24) is 15.2 Å². The van der Waals surface area contributed by atoms with Crippen molar-refractivity contribution in [2.75, 3.05) is 13.7 Å². The molecule has 0 bridgehead atoms. The van der Waals surface area contributed by atoms with Gasteiger partial charge in [0.15, 0.2) is 0 Å². The van der Waals surface area contributed by atoms with Crippen LogP contribution in [0.5, 0.6) is 5.75 Å². The van der Waals surface area contributed by atoms with Crippen molar-refractivity contribution in [3.63, 3.8) is 0 Å². The molecule has 1 N–H and O–H groups in total. The maximum atomic E-state index is 13.3. The number of carbonyl (C=O) groups excluding carboxylic acids is 1. The minimum Gasteiger partial charge on any atom is -0.495 e. The van der Waals surface area contributed by atoms with Gasteiger partial charge in [0, 0.05) is 24.8 Å². The molecule has 0 radical (unpaired) electrons. The van der Waals surface area contributed by atoms with Crippen LogP contribution in [0.3, 0.4) is 0 Å². The number of amides is 2. The highest BCUT2D eigenvalue weighted by molar-refractivity contribution is 5.75. The molecule has 6 heteroatoms. The molecule has 2 heterocycles. The summed E-state index contributed by atoms with van der Waals surface area (Å²) >= 11 is 0. The standard InChI is InChI=1S/C18H20FN3O2/c1-12(16-5-7-20-10-17(16)24-2)21-18(23)22-8-6-13-9-15(19)4-3-14(13)11-22/h3-5,7,9-10,12H,6,8,11H2,1-2H3,(H,21,23). The first kappa shape index (κ1) is 16.2. The molecule has 1 aliphatic rings. The number of carbonyl (C=O) groups is 1. The van der Waals surface area contributed by atoms with E-state index in [-0.39, 0.29) is 17.9 Å². The smallest absolute Gasteiger partial charge is 0.318 e. The average Bonchev–Trinajstić information content (AvgIpc) is 2.61. The first-order valence-corrected chi connectivity index (χ1v) is 7.89. The van der Waals surface area contributed by atoms with Crippen LogP contribution in [-0.4, -0.2) is 29.6 Å². The van der Waals surface area contributed by atoms with Crippen LogP contribution in [-0.2, 0) is 13.0 Å². The summed E-state index contributed by atoms with van der Waals surface area (Å²) in [6, 6.07) is 6.22. The predicted octanol–water partition coefficient (Wildman–Crippen LogP) is 3.06. The van der Waals surface area contributed by atoms with Crippen molar-refractivity contribution in [3.05, 3.63) is 59.2 Å². The summed E-state index contributed by atoms with van der Waals surface area (Å²) in [5.74, 6) is 0.412. The van der Waals surface area contributed by atoms with E-state index in [2.05, 4.69) is 10.3 Å². The number of hydrogen-bond acceptors (Lipinski definition) is 3. The molecule has 2 aromatic rings. The molecule has 1 aliphatic heterocycles. The highest BCUT2D eigenvalue weighted by atomic mass is 19.1. The summed E-state index contributed by atoms with van der Waals surface area (Å²) in [6.45, 7) is 2.97. The molecule has 126 valence electrons. The molecule has 0 spiro atoms. The van der Waals surface area contributed by atoms with Crippen molar-refractivity contribution >= 4 is 6.03 Å². The number of urea groups is 1. The molecule has 0 saturated carbocycles. The van der Waals surface area contributed by atoms with E-state index in [1.807, 2.05) is 13.0 Å². The zero-order chi connectivity index (χ0) is 17.1. The second kappa shape index (κ2) is 6.86. The van der Waals surface area contributed by atoms with Crippen molar-refractivity contribution in [1.29, 1.82) is 0 Å². The summed E-state index contributed by atoms with van der Waals surface area (Å²) < 4.78 is 18.6. The number of halogens is 1. The number of pyridine rings is 1. The Labute approximate surface area is 140 Å². The Balaban J connectivity index is 1.68. The Morgan fingerprint density at radius 2 is 2.21 bits per heavy atom. The lowest BCUT2D eigenvalue weighted by Gasteiger charge is -2.30. The normalized spacial score (nSPS) is 14.7. The van der Waals surface area contributed by atoms with Gasteiger partial charge in [-0.3, -0.25) is 4.98 Å². The number of methoxy groups -OCH3 is 1. The zero-order valence-corrected chi connectivity index (χ0v) is 13.8. The van der Waals surface area contributed by atoms with Crippen molar-refractivity contribution in [2.45, 2.75) is 25.9 Å². The van der Waals surface area contributed by atoms with Crippen LogP contribution >= 0.6 is 0 Å². The summed E-state index contributed by atoms with van der Waals surface area (Å²) in [5, 5.41) is 2.99. The van der Waals surface area contributed by atoms with Crippen LogP contribution in [0.2, 0.25) is 0 Å². The lowest BCUT2D eigenvalue weighted by molar-refractivity contribution is 0.189. The third-order valence-electron chi connectivity index (χ3n) is 4.31. The van der Waals surface area contributed by atoms with Gasteiger partial charge in [-0.25, -0.2) is 9.18 Å². The fourth-order valence-electron chi connectivity index (χ4n) is 2.97. The molecule has 2 amide bonds. The van der Waals surface area contributed by atoms with Crippen LogP contribution in [0.25, 0.3) is 0 Å². The summed E-state index contributed by atoms with van der Waals surface area (Å²) in [6.07, 6.45) is 3.96. The molecule has 1 unspecified atom stereocenters. The van der Waals surface area contributed by atoms with Gasteiger partial charge in [0.2, 0.25) is 0 Å². The Hall–Kier alpha value is -2.63. The number of nitrogens with one attached hydrogen (secondary N) is 1. The van der Waals surface area contributed by atoms with E-state index < -0.39 is 0 Å². The zero-order valence-electron chi connectivity index (χ0n) is 13.8. The molecule has 3 rings (SSSR count). The second-order valence-corrected chi connectivity index (χ2v) is 5.87. The molecule has 5 nitrogen and oxygen atoms in total. The molecule has 0 aliphatic carbocycles. The Morgan fingerprint density at radius 3 is 3.00 bits per heavy atom. The number of aromatic nitrogens is 1. The summed E-state index contributed by atoms with van der Waals surface area (Å²) in [7, 11) is 1.58. The monoisotopic (exact) mass is 329 g/mol. The Bertz CT molecular complexity index is 751. The topological polar surface area (TPSA) is 54.5 Å². The molecule has 0 fully saturated rings. The minimum atomic E-state index is -0.231. The van der Waals surface area contributed by atoms with Gasteiger partial charge in [-0.1, -0.05) is 6.07 Å². The summed E-state index contributed by atoms with van der Waals surface area (Å²) in [4.78, 5) is 18.3. The number of hydrogen-bond donors (Lipinski definition) is 1. The molecular formula is C18H20FN3O2. The van der Waals surface area contributed by atoms with Gasteiger partial charge in [0.05, 0.1) is 19.3 Å². The number of fused-ring (bicyclic) bond motifs is 1. The Kier molecular flexibility index (Phi) is 4.64. The quantitative estimate of drug-likeness (QED) is 0.941. The van der Waals surface area contributed by atoms with Crippen molar-refractivity contribution in [3.8, 4) is 5.75 Å². The highest BCUT2D eigenvalue weighted by Gasteiger charge is 2.23. The van der Waals surface area contributed by atoms with Gasteiger partial charge in [-0.05, 0) is 42.7 Å². The molecule has 1 aromatic carbocycles. The molecular weight excluding hydrogens is 309 g/mol. The first-order valence-electron chi connectivity index (χ1n) is 7.89. The van der Waals surface area contributed by atoms with Crippen molar-refractivity contribution < 1.29 is 13.9 Å². The van der Waals surface area contributed by atoms with Gasteiger partial charge >= 0.3 is 6.03 Å². The highest BCUT2D eigenvalue weighted by Crippen LogP contribution is 2.24. The van der Waals surface area contributed by atoms with E-state index in [9.17, 15) is 9.18 Å². The molecule has 24 heavy (non-hydrogen) atoms. The van der Waals surface area contributed by atoms with Gasteiger partial charge in [0.25, 0.3) is 0 Å². The van der Waals surface area contributed by atoms with E-state index in [4.69, 9.17) is 4.74 Å². The molecule has 0 saturated heterocycles. The molecule has 1 aromatic heterocycles. The van der Waals surface area contributed by atoms with Crippen LogP contribution in [0.1, 0.15) is 29.7 Å². The number of ether oxygens (including phenoxy) is 1. The Morgan fingerprint density at radius 1 is 1.38 bits per heavy atom. The van der Waals surface area contributed by atoms with Gasteiger partial charge in [-0.2, -0.15) is 0 Å². The van der Waals surface area contributed by atoms with E-state index >= 15 is 0 Å². The van der Waals surface area contributed by atoms with Gasteiger partial charge in [0.1, 0.15) is 11.6 Å². The fraction of sp³-hybridized carbons (Fsp3) is 0.333. The lowest BCUT2D eigenvalue weighted by Crippen LogP contribution is -2.43. The largest absolute Gasteiger partial charge is 0.495 e. The second-order valence-electron chi connectivity index (χ2n) is 5.87. The maximum absolute atomic E-state index is 13.3. The number of nitrogens with zero attached hydrogens (tertiary/aromatic N) is 2. The number of rotatable bonds is 3. The predicted molar refractivity (Wildman–Crippen MR) is 88.2 cm³/mol. The van der Waals surface area contributed by atoms with Crippen LogP contribution < -0.4 is 10.1 Å². The van der Waals surface area contributed by atoms with Crippen molar-refractivity contribution in [2.24, 2.45) is 0 Å². The lowest BCUT2D eigenvalue weighted by atomic mass is 10.00. The van der Waals surface area contributed by atoms with Gasteiger partial charge in [-0.15, -0.1) is 0 Å². The third-order valence-corrected chi connectivity index (χ3v) is 4.31. The van der Waals surface area contributed by atoms with Crippen LogP contribution in [0, 0.1) is 5.82 Å². The minimum absolute atomic E-state index is 0.142. The molecule has 1 atom stereocenters. The SMILES string of the molecule is COc1cnccc1C(C)NC(=O)N1CCc2cc(F)ccc2C1. The van der Waals surface area contributed by atoms with E-state index in [0.717, 1.165) is 16.7 Å². The maximum Gasteiger partial charge on any atom is 0.318 e. The third kappa shape index (κ3) is 3.32. The van der Waals surface area contributed by atoms with Crippen LogP contribution in [0.4, 0.5) is 9.18 Å². The first-order chi connectivity index (χ1) is 11.6. The van der Waals surface area contributed by atoms with E-state index in [1.165, 1.54) is 6.07 Å². The number of benzene rings is 1. The van der Waals surface area contributed by atoms with Crippen LogP contribution in [0.15, 0.2) is 36.7 Å². The summed E-state index contributed by atoms with van der Waals surface area (Å²) in [5.41, 5.74) is 2.84.